The van der Waals surface area contributed by atoms with Crippen LogP contribution in [0.2, 0.25) is 0 Å². The zero-order valence-electron chi connectivity index (χ0n) is 12.9. The number of nitrogens with zero attached hydrogens (tertiary/aromatic N) is 1. The lowest BCUT2D eigenvalue weighted by Crippen LogP contribution is -2.34. The van der Waals surface area contributed by atoms with E-state index in [1.165, 1.54) is 17.5 Å². The number of benzene rings is 1. The molecule has 0 aliphatic carbocycles. The van der Waals surface area contributed by atoms with Gasteiger partial charge in [0, 0.05) is 19.6 Å². The molecule has 0 radical (unpaired) electrons. The maximum absolute atomic E-state index is 6.05. The molecule has 1 aromatic carbocycles. The molecule has 0 spiro atoms. The van der Waals surface area contributed by atoms with Crippen LogP contribution in [-0.4, -0.2) is 37.7 Å². The van der Waals surface area contributed by atoms with Crippen molar-refractivity contribution < 1.29 is 4.74 Å². The zero-order chi connectivity index (χ0) is 14.2. The Hall–Kier alpha value is -0.900. The fourth-order valence-corrected chi connectivity index (χ4v) is 2.60. The van der Waals surface area contributed by atoms with Gasteiger partial charge in [-0.1, -0.05) is 31.2 Å². The van der Waals surface area contributed by atoms with E-state index in [1.54, 1.807) is 0 Å². The molecule has 1 saturated heterocycles. The molecule has 1 aliphatic rings. The molecule has 0 aromatic heterocycles. The van der Waals surface area contributed by atoms with Gasteiger partial charge in [0.15, 0.2) is 0 Å². The summed E-state index contributed by atoms with van der Waals surface area (Å²) >= 11 is 0. The Bertz CT molecular complexity index is 386. The van der Waals surface area contributed by atoms with E-state index in [9.17, 15) is 0 Å². The first-order chi connectivity index (χ1) is 9.78. The third-order valence-electron chi connectivity index (χ3n) is 3.90. The van der Waals surface area contributed by atoms with Crippen molar-refractivity contribution in [2.24, 2.45) is 0 Å². The van der Waals surface area contributed by atoms with Crippen LogP contribution in [0.15, 0.2) is 24.3 Å². The Balaban J connectivity index is 1.76. The molecular formula is C17H28N2O. The predicted octanol–water partition coefficient (Wildman–Crippen LogP) is 2.80. The molecule has 1 aromatic rings. The summed E-state index contributed by atoms with van der Waals surface area (Å²) in [5.41, 5.74) is 2.64. The highest BCUT2D eigenvalue weighted by atomic mass is 16.5. The summed E-state index contributed by atoms with van der Waals surface area (Å²) in [5.74, 6) is 0. The summed E-state index contributed by atoms with van der Waals surface area (Å²) in [6, 6.07) is 8.74. The van der Waals surface area contributed by atoms with Crippen molar-refractivity contribution in [3.05, 3.63) is 35.4 Å². The van der Waals surface area contributed by atoms with Crippen molar-refractivity contribution in [2.45, 2.75) is 45.4 Å². The summed E-state index contributed by atoms with van der Waals surface area (Å²) in [4.78, 5) is 2.37. The van der Waals surface area contributed by atoms with Gasteiger partial charge in [0.05, 0.1) is 12.7 Å². The maximum atomic E-state index is 6.05. The molecule has 1 N–H and O–H groups in total. The largest absolute Gasteiger partial charge is 0.373 e. The lowest BCUT2D eigenvalue weighted by atomic mass is 10.1. The van der Waals surface area contributed by atoms with Crippen molar-refractivity contribution in [3.8, 4) is 0 Å². The van der Waals surface area contributed by atoms with Crippen molar-refractivity contribution in [3.63, 3.8) is 0 Å². The zero-order valence-corrected chi connectivity index (χ0v) is 12.9. The molecule has 0 atom stereocenters. The SMILES string of the molecule is CCCNCc1cccc(COC2CCN(C)CC2)c1. The summed E-state index contributed by atoms with van der Waals surface area (Å²) < 4.78 is 6.05. The number of hydrogen-bond acceptors (Lipinski definition) is 3. The second-order valence-electron chi connectivity index (χ2n) is 5.81. The van der Waals surface area contributed by atoms with Gasteiger partial charge >= 0.3 is 0 Å². The lowest BCUT2D eigenvalue weighted by Gasteiger charge is -2.28. The minimum atomic E-state index is 0.438. The van der Waals surface area contributed by atoms with Crippen LogP contribution >= 0.6 is 0 Å². The summed E-state index contributed by atoms with van der Waals surface area (Å²) in [7, 11) is 2.18. The van der Waals surface area contributed by atoms with E-state index in [4.69, 9.17) is 4.74 Å². The van der Waals surface area contributed by atoms with Gasteiger partial charge in [-0.05, 0) is 44.0 Å². The third-order valence-corrected chi connectivity index (χ3v) is 3.90. The molecule has 3 heteroatoms. The molecule has 0 amide bonds. The molecule has 1 heterocycles. The fraction of sp³-hybridized carbons (Fsp3) is 0.647. The van der Waals surface area contributed by atoms with Crippen LogP contribution in [0.3, 0.4) is 0 Å². The number of likely N-dealkylation sites (tertiary alicyclic amines) is 1. The normalized spacial score (nSPS) is 17.5. The van der Waals surface area contributed by atoms with E-state index in [0.29, 0.717) is 6.10 Å². The monoisotopic (exact) mass is 276 g/mol. The van der Waals surface area contributed by atoms with Crippen molar-refractivity contribution in [1.82, 2.24) is 10.2 Å². The molecule has 2 rings (SSSR count). The van der Waals surface area contributed by atoms with Crippen LogP contribution < -0.4 is 5.32 Å². The Labute approximate surface area is 123 Å². The van der Waals surface area contributed by atoms with Gasteiger partial charge in [0.1, 0.15) is 0 Å². The van der Waals surface area contributed by atoms with Gasteiger partial charge in [0.25, 0.3) is 0 Å². The standard InChI is InChI=1S/C17H28N2O/c1-3-9-18-13-15-5-4-6-16(12-15)14-20-17-7-10-19(2)11-8-17/h4-6,12,17-18H,3,7-11,13-14H2,1-2H3. The van der Waals surface area contributed by atoms with E-state index in [0.717, 1.165) is 45.6 Å². The number of rotatable bonds is 7. The Morgan fingerprint density at radius 1 is 1.25 bits per heavy atom. The van der Waals surface area contributed by atoms with Crippen molar-refractivity contribution >= 4 is 0 Å². The van der Waals surface area contributed by atoms with Crippen LogP contribution in [0.1, 0.15) is 37.3 Å². The average molecular weight is 276 g/mol. The molecular weight excluding hydrogens is 248 g/mol. The molecule has 20 heavy (non-hydrogen) atoms. The molecule has 0 saturated carbocycles. The molecule has 0 bridgehead atoms. The van der Waals surface area contributed by atoms with E-state index < -0.39 is 0 Å². The first kappa shape index (κ1) is 15.5. The van der Waals surface area contributed by atoms with Gasteiger partial charge in [0.2, 0.25) is 0 Å². The lowest BCUT2D eigenvalue weighted by molar-refractivity contribution is 0.00211. The minimum absolute atomic E-state index is 0.438. The van der Waals surface area contributed by atoms with Gasteiger partial charge in [-0.25, -0.2) is 0 Å². The summed E-state index contributed by atoms with van der Waals surface area (Å²) in [6.45, 7) is 7.29. The highest BCUT2D eigenvalue weighted by Gasteiger charge is 2.16. The van der Waals surface area contributed by atoms with Crippen LogP contribution in [0.4, 0.5) is 0 Å². The Kier molecular flexibility index (Phi) is 6.51. The molecule has 112 valence electrons. The number of ether oxygens (including phenoxy) is 1. The fourth-order valence-electron chi connectivity index (χ4n) is 2.60. The number of nitrogens with one attached hydrogen (secondary N) is 1. The molecule has 3 nitrogen and oxygen atoms in total. The number of piperidine rings is 1. The highest BCUT2D eigenvalue weighted by Crippen LogP contribution is 2.15. The smallest absolute Gasteiger partial charge is 0.0720 e. The van der Waals surface area contributed by atoms with Gasteiger partial charge < -0.3 is 15.0 Å². The van der Waals surface area contributed by atoms with Crippen LogP contribution in [0.5, 0.6) is 0 Å². The molecule has 0 unspecified atom stereocenters. The summed E-state index contributed by atoms with van der Waals surface area (Å²) in [5, 5.41) is 3.44. The average Bonchev–Trinajstić information content (AvgIpc) is 2.47. The quantitative estimate of drug-likeness (QED) is 0.775. The van der Waals surface area contributed by atoms with E-state index in [1.807, 2.05) is 0 Å². The van der Waals surface area contributed by atoms with Crippen LogP contribution in [-0.2, 0) is 17.9 Å². The topological polar surface area (TPSA) is 24.5 Å². The van der Waals surface area contributed by atoms with Crippen molar-refractivity contribution in [1.29, 1.82) is 0 Å². The molecule has 1 fully saturated rings. The first-order valence-electron chi connectivity index (χ1n) is 7.86. The highest BCUT2D eigenvalue weighted by molar-refractivity contribution is 5.22. The van der Waals surface area contributed by atoms with E-state index in [2.05, 4.69) is 48.5 Å². The van der Waals surface area contributed by atoms with Crippen molar-refractivity contribution in [2.75, 3.05) is 26.7 Å². The molecule has 1 aliphatic heterocycles. The van der Waals surface area contributed by atoms with E-state index in [-0.39, 0.29) is 0 Å². The van der Waals surface area contributed by atoms with E-state index >= 15 is 0 Å². The van der Waals surface area contributed by atoms with Gasteiger partial charge in [-0.2, -0.15) is 0 Å². The number of hydrogen-bond donors (Lipinski definition) is 1. The second-order valence-corrected chi connectivity index (χ2v) is 5.81. The predicted molar refractivity (Wildman–Crippen MR) is 83.7 cm³/mol. The Morgan fingerprint density at radius 2 is 2.00 bits per heavy atom. The third kappa shape index (κ3) is 5.23. The Morgan fingerprint density at radius 3 is 2.75 bits per heavy atom. The van der Waals surface area contributed by atoms with Crippen LogP contribution in [0, 0.1) is 0 Å². The van der Waals surface area contributed by atoms with Gasteiger partial charge in [-0.15, -0.1) is 0 Å². The first-order valence-corrected chi connectivity index (χ1v) is 7.86. The maximum Gasteiger partial charge on any atom is 0.0720 e. The second kappa shape index (κ2) is 8.40. The van der Waals surface area contributed by atoms with Crippen LogP contribution in [0.25, 0.3) is 0 Å². The summed E-state index contributed by atoms with van der Waals surface area (Å²) in [6.07, 6.45) is 3.94. The minimum Gasteiger partial charge on any atom is -0.373 e. The van der Waals surface area contributed by atoms with Gasteiger partial charge in [-0.3, -0.25) is 0 Å².